The zero-order valence-corrected chi connectivity index (χ0v) is 11.8. The molecular weight excluding hydrogens is 259 g/mol. The molecule has 0 amide bonds. The number of benzene rings is 1. The Hall–Kier alpha value is -0.640. The van der Waals surface area contributed by atoms with Crippen molar-refractivity contribution in [3.8, 4) is 5.75 Å². The van der Waals surface area contributed by atoms with Crippen LogP contribution in [0, 0.1) is 6.92 Å². The van der Waals surface area contributed by atoms with Gasteiger partial charge < -0.3 is 16.2 Å². The highest BCUT2D eigenvalue weighted by Gasteiger charge is 1.97. The summed E-state index contributed by atoms with van der Waals surface area (Å²) in [4.78, 5) is 0. The first-order valence-electron chi connectivity index (χ1n) is 5.43. The van der Waals surface area contributed by atoms with Crippen molar-refractivity contribution < 1.29 is 4.74 Å². The number of hydrogen-bond donors (Lipinski definition) is 2. The SMILES string of the molecule is Cc1cc(OCCCCCN)ccc1N.Cl.Cl. The zero-order valence-electron chi connectivity index (χ0n) is 10.1. The molecule has 0 fully saturated rings. The number of aryl methyl sites for hydroxylation is 1. The van der Waals surface area contributed by atoms with Gasteiger partial charge in [0.15, 0.2) is 0 Å². The standard InChI is InChI=1S/C12H20N2O.2ClH/c1-10-9-11(5-6-12(10)14)15-8-4-2-3-7-13;;/h5-6,9H,2-4,7-8,13-14H2,1H3;2*1H. The number of ether oxygens (including phenoxy) is 1. The van der Waals surface area contributed by atoms with Crippen molar-refractivity contribution in [1.29, 1.82) is 0 Å². The molecule has 0 heterocycles. The van der Waals surface area contributed by atoms with Crippen molar-refractivity contribution >= 4 is 30.5 Å². The van der Waals surface area contributed by atoms with Crippen LogP contribution in [-0.2, 0) is 0 Å². The highest BCUT2D eigenvalue weighted by Crippen LogP contribution is 2.18. The van der Waals surface area contributed by atoms with Gasteiger partial charge in [0, 0.05) is 5.69 Å². The van der Waals surface area contributed by atoms with E-state index in [0.717, 1.165) is 49.4 Å². The number of halogens is 2. The molecule has 1 rings (SSSR count). The lowest BCUT2D eigenvalue weighted by atomic mass is 10.2. The maximum atomic E-state index is 5.71. The average Bonchev–Trinajstić information content (AvgIpc) is 2.23. The molecule has 0 unspecified atom stereocenters. The highest BCUT2D eigenvalue weighted by molar-refractivity contribution is 5.85. The summed E-state index contributed by atoms with van der Waals surface area (Å²) in [5.74, 6) is 0.898. The van der Waals surface area contributed by atoms with Crippen molar-refractivity contribution in [2.24, 2.45) is 5.73 Å². The third kappa shape index (κ3) is 7.31. The number of hydrogen-bond acceptors (Lipinski definition) is 3. The van der Waals surface area contributed by atoms with Gasteiger partial charge in [-0.3, -0.25) is 0 Å². The smallest absolute Gasteiger partial charge is 0.119 e. The van der Waals surface area contributed by atoms with E-state index in [2.05, 4.69) is 0 Å². The summed E-state index contributed by atoms with van der Waals surface area (Å²) in [7, 11) is 0. The molecule has 0 aliphatic carbocycles. The molecule has 0 aliphatic rings. The Labute approximate surface area is 116 Å². The number of rotatable bonds is 6. The van der Waals surface area contributed by atoms with Crippen LogP contribution in [0.5, 0.6) is 5.75 Å². The van der Waals surface area contributed by atoms with Crippen molar-refractivity contribution in [3.63, 3.8) is 0 Å². The van der Waals surface area contributed by atoms with Crippen LogP contribution in [-0.4, -0.2) is 13.2 Å². The van der Waals surface area contributed by atoms with E-state index < -0.39 is 0 Å². The lowest BCUT2D eigenvalue weighted by molar-refractivity contribution is 0.305. The van der Waals surface area contributed by atoms with Crippen LogP contribution >= 0.6 is 24.8 Å². The molecule has 17 heavy (non-hydrogen) atoms. The molecule has 0 aromatic heterocycles. The monoisotopic (exact) mass is 280 g/mol. The fourth-order valence-electron chi connectivity index (χ4n) is 1.35. The van der Waals surface area contributed by atoms with Crippen LogP contribution in [0.1, 0.15) is 24.8 Å². The topological polar surface area (TPSA) is 61.3 Å². The van der Waals surface area contributed by atoms with E-state index >= 15 is 0 Å². The van der Waals surface area contributed by atoms with Gasteiger partial charge in [-0.05, 0) is 56.5 Å². The summed E-state index contributed by atoms with van der Waals surface area (Å²) >= 11 is 0. The molecule has 0 radical (unpaired) electrons. The minimum atomic E-state index is 0. The Balaban J connectivity index is 0. The van der Waals surface area contributed by atoms with Gasteiger partial charge in [-0.25, -0.2) is 0 Å². The number of unbranched alkanes of at least 4 members (excludes halogenated alkanes) is 2. The largest absolute Gasteiger partial charge is 0.494 e. The molecule has 3 nitrogen and oxygen atoms in total. The van der Waals surface area contributed by atoms with Gasteiger partial charge in [-0.2, -0.15) is 0 Å². The van der Waals surface area contributed by atoms with Crippen LogP contribution in [0.2, 0.25) is 0 Å². The van der Waals surface area contributed by atoms with Crippen molar-refractivity contribution in [1.82, 2.24) is 0 Å². The quantitative estimate of drug-likeness (QED) is 0.622. The van der Waals surface area contributed by atoms with E-state index in [9.17, 15) is 0 Å². The van der Waals surface area contributed by atoms with Crippen molar-refractivity contribution in [2.45, 2.75) is 26.2 Å². The van der Waals surface area contributed by atoms with Crippen LogP contribution in [0.4, 0.5) is 5.69 Å². The summed E-state index contributed by atoms with van der Waals surface area (Å²) in [6.45, 7) is 3.50. The summed E-state index contributed by atoms with van der Waals surface area (Å²) in [5, 5.41) is 0. The van der Waals surface area contributed by atoms with Gasteiger partial charge in [0.25, 0.3) is 0 Å². The molecule has 100 valence electrons. The predicted octanol–water partition coefficient (Wildman–Crippen LogP) is 2.93. The van der Waals surface area contributed by atoms with Gasteiger partial charge in [0.05, 0.1) is 6.61 Å². The summed E-state index contributed by atoms with van der Waals surface area (Å²) in [6.07, 6.45) is 3.26. The van der Waals surface area contributed by atoms with E-state index in [1.807, 2.05) is 25.1 Å². The maximum absolute atomic E-state index is 5.71. The first-order valence-corrected chi connectivity index (χ1v) is 5.43. The fourth-order valence-corrected chi connectivity index (χ4v) is 1.35. The Bertz CT molecular complexity index is 309. The summed E-state index contributed by atoms with van der Waals surface area (Å²) in [6, 6.07) is 5.76. The third-order valence-corrected chi connectivity index (χ3v) is 2.36. The minimum absolute atomic E-state index is 0. The van der Waals surface area contributed by atoms with Crippen molar-refractivity contribution in [3.05, 3.63) is 23.8 Å². The Morgan fingerprint density at radius 1 is 1.12 bits per heavy atom. The van der Waals surface area contributed by atoms with Gasteiger partial charge in [-0.1, -0.05) is 0 Å². The second kappa shape index (κ2) is 10.5. The van der Waals surface area contributed by atoms with Crippen LogP contribution in [0.25, 0.3) is 0 Å². The summed E-state index contributed by atoms with van der Waals surface area (Å²) < 4.78 is 5.59. The molecule has 0 aliphatic heterocycles. The summed E-state index contributed by atoms with van der Waals surface area (Å²) in [5.41, 5.74) is 13.0. The van der Waals surface area contributed by atoms with E-state index in [-0.39, 0.29) is 24.8 Å². The Kier molecular flexibility index (Phi) is 11.6. The molecule has 0 saturated heterocycles. The highest BCUT2D eigenvalue weighted by atomic mass is 35.5. The first-order chi connectivity index (χ1) is 7.24. The van der Waals surface area contributed by atoms with Gasteiger partial charge in [0.1, 0.15) is 5.75 Å². The van der Waals surface area contributed by atoms with Gasteiger partial charge in [-0.15, -0.1) is 24.8 Å². The van der Waals surface area contributed by atoms with E-state index in [1.54, 1.807) is 0 Å². The molecule has 1 aromatic carbocycles. The molecule has 0 saturated carbocycles. The molecule has 4 N–H and O–H groups in total. The Morgan fingerprint density at radius 3 is 2.41 bits per heavy atom. The zero-order chi connectivity index (χ0) is 11.1. The van der Waals surface area contributed by atoms with Gasteiger partial charge in [0.2, 0.25) is 0 Å². The van der Waals surface area contributed by atoms with Crippen LogP contribution < -0.4 is 16.2 Å². The van der Waals surface area contributed by atoms with E-state index in [1.165, 1.54) is 0 Å². The lowest BCUT2D eigenvalue weighted by Crippen LogP contribution is -2.02. The molecule has 1 aromatic rings. The van der Waals surface area contributed by atoms with Crippen LogP contribution in [0.3, 0.4) is 0 Å². The second-order valence-electron chi connectivity index (χ2n) is 3.72. The number of nitrogen functional groups attached to an aromatic ring is 1. The van der Waals surface area contributed by atoms with Crippen molar-refractivity contribution in [2.75, 3.05) is 18.9 Å². The maximum Gasteiger partial charge on any atom is 0.119 e. The molecule has 5 heteroatoms. The van der Waals surface area contributed by atoms with E-state index in [4.69, 9.17) is 16.2 Å². The van der Waals surface area contributed by atoms with Crippen LogP contribution in [0.15, 0.2) is 18.2 Å². The third-order valence-electron chi connectivity index (χ3n) is 2.36. The lowest BCUT2D eigenvalue weighted by Gasteiger charge is -2.07. The molecule has 0 atom stereocenters. The molecule has 0 bridgehead atoms. The van der Waals surface area contributed by atoms with Gasteiger partial charge >= 0.3 is 0 Å². The number of anilines is 1. The predicted molar refractivity (Wildman–Crippen MR) is 78.5 cm³/mol. The number of nitrogens with two attached hydrogens (primary N) is 2. The fraction of sp³-hybridized carbons (Fsp3) is 0.500. The first kappa shape index (κ1) is 18.7. The minimum Gasteiger partial charge on any atom is -0.494 e. The second-order valence-corrected chi connectivity index (χ2v) is 3.72. The average molecular weight is 281 g/mol. The molecular formula is C12H22Cl2N2O. The molecule has 0 spiro atoms. The van der Waals surface area contributed by atoms with E-state index in [0.29, 0.717) is 0 Å². The normalized spacial score (nSPS) is 9.06. The Morgan fingerprint density at radius 2 is 1.82 bits per heavy atom.